The van der Waals surface area contributed by atoms with Crippen LogP contribution in [0.25, 0.3) is 0 Å². The maximum atomic E-state index is 12.3. The summed E-state index contributed by atoms with van der Waals surface area (Å²) in [6.07, 6.45) is 2.62. The first kappa shape index (κ1) is 14.8. The zero-order valence-electron chi connectivity index (χ0n) is 11.9. The fourth-order valence-corrected chi connectivity index (χ4v) is 3.08. The molecule has 114 valence electrons. The van der Waals surface area contributed by atoms with Crippen LogP contribution in [-0.4, -0.2) is 21.4 Å². The molecule has 3 rings (SSSR count). The second-order valence-electron chi connectivity index (χ2n) is 5.38. The number of rotatable bonds is 4. The minimum Gasteiger partial charge on any atom is -0.366 e. The Hall–Kier alpha value is -2.15. The molecule has 1 fully saturated rings. The second kappa shape index (κ2) is 5.57. The molecule has 2 aromatic rings. The molecule has 0 radical (unpaired) electrons. The van der Waals surface area contributed by atoms with Gasteiger partial charge in [0, 0.05) is 25.1 Å². The minimum absolute atomic E-state index is 0.108. The van der Waals surface area contributed by atoms with Crippen molar-refractivity contribution in [3.05, 3.63) is 46.5 Å². The van der Waals surface area contributed by atoms with Gasteiger partial charge in [0.05, 0.1) is 11.3 Å². The van der Waals surface area contributed by atoms with E-state index in [4.69, 9.17) is 5.73 Å². The van der Waals surface area contributed by atoms with Crippen LogP contribution in [0.3, 0.4) is 0 Å². The average molecular weight is 363 g/mol. The van der Waals surface area contributed by atoms with E-state index in [-0.39, 0.29) is 17.7 Å². The molecule has 1 aromatic heterocycles. The molecule has 0 bridgehead atoms. The van der Waals surface area contributed by atoms with Crippen LogP contribution in [-0.2, 0) is 11.8 Å². The van der Waals surface area contributed by atoms with Gasteiger partial charge in [-0.2, -0.15) is 0 Å². The lowest BCUT2D eigenvalue weighted by Gasteiger charge is -2.08. The van der Waals surface area contributed by atoms with E-state index in [2.05, 4.69) is 26.2 Å². The van der Waals surface area contributed by atoms with Gasteiger partial charge in [-0.05, 0) is 34.5 Å². The van der Waals surface area contributed by atoms with E-state index in [9.17, 15) is 9.59 Å². The van der Waals surface area contributed by atoms with Gasteiger partial charge >= 0.3 is 0 Å². The molecule has 0 saturated heterocycles. The third-order valence-electron chi connectivity index (χ3n) is 3.79. The van der Waals surface area contributed by atoms with Gasteiger partial charge < -0.3 is 15.6 Å². The van der Waals surface area contributed by atoms with Gasteiger partial charge in [0.2, 0.25) is 5.91 Å². The van der Waals surface area contributed by atoms with Crippen LogP contribution in [0.5, 0.6) is 0 Å². The predicted octanol–water partition coefficient (Wildman–Crippen LogP) is 2.02. The summed E-state index contributed by atoms with van der Waals surface area (Å²) in [6, 6.07) is 6.73. The summed E-state index contributed by atoms with van der Waals surface area (Å²) < 4.78 is 2.68. The molecule has 2 unspecified atom stereocenters. The number of aryl methyl sites for hydroxylation is 1. The number of nitrogens with zero attached hydrogens (tertiary/aromatic N) is 2. The Bertz CT molecular complexity index is 756. The van der Waals surface area contributed by atoms with Crippen molar-refractivity contribution in [1.29, 1.82) is 0 Å². The number of anilines is 1. The molecule has 1 aliphatic rings. The van der Waals surface area contributed by atoms with Gasteiger partial charge in [-0.15, -0.1) is 0 Å². The van der Waals surface area contributed by atoms with Crippen molar-refractivity contribution in [1.82, 2.24) is 9.55 Å². The van der Waals surface area contributed by atoms with Gasteiger partial charge in [-0.1, -0.05) is 12.1 Å². The molecule has 6 nitrogen and oxygen atoms in total. The third kappa shape index (κ3) is 2.76. The van der Waals surface area contributed by atoms with E-state index in [0.29, 0.717) is 11.3 Å². The minimum atomic E-state index is -0.559. The molecule has 0 aliphatic heterocycles. The van der Waals surface area contributed by atoms with Crippen LogP contribution >= 0.6 is 15.9 Å². The summed E-state index contributed by atoms with van der Waals surface area (Å²) in [5, 5.41) is 2.79. The summed E-state index contributed by atoms with van der Waals surface area (Å²) in [4.78, 5) is 28.1. The van der Waals surface area contributed by atoms with Crippen molar-refractivity contribution in [2.24, 2.45) is 18.7 Å². The normalized spacial score (nSPS) is 19.7. The fourth-order valence-electron chi connectivity index (χ4n) is 2.59. The molecule has 1 heterocycles. The first-order valence-corrected chi connectivity index (χ1v) is 7.65. The monoisotopic (exact) mass is 362 g/mol. The highest BCUT2D eigenvalue weighted by molar-refractivity contribution is 9.10. The van der Waals surface area contributed by atoms with Crippen LogP contribution in [0.1, 0.15) is 28.5 Å². The fraction of sp³-hybridized carbons (Fsp3) is 0.267. The molecular formula is C15H15BrN4O2. The number of primary amides is 1. The highest BCUT2D eigenvalue weighted by Crippen LogP contribution is 2.47. The third-order valence-corrected chi connectivity index (χ3v) is 4.17. The van der Waals surface area contributed by atoms with Crippen LogP contribution in [0.2, 0.25) is 0 Å². The lowest BCUT2D eigenvalue weighted by atomic mass is 10.1. The highest BCUT2D eigenvalue weighted by Gasteiger charge is 2.46. The lowest BCUT2D eigenvalue weighted by molar-refractivity contribution is -0.117. The van der Waals surface area contributed by atoms with Crippen LogP contribution < -0.4 is 11.1 Å². The first-order valence-electron chi connectivity index (χ1n) is 6.86. The molecule has 2 amide bonds. The number of nitrogens with two attached hydrogens (primary N) is 1. The SMILES string of the molecule is Cn1cc(Br)nc1C1CC1C(=O)Nc1ccccc1C(N)=O. The summed E-state index contributed by atoms with van der Waals surface area (Å²) in [7, 11) is 1.91. The number of amides is 2. The summed E-state index contributed by atoms with van der Waals surface area (Å²) in [6.45, 7) is 0. The number of hydrogen-bond acceptors (Lipinski definition) is 3. The van der Waals surface area contributed by atoms with Crippen molar-refractivity contribution in [3.8, 4) is 0 Å². The number of carbonyl (C=O) groups excluding carboxylic acids is 2. The Kier molecular flexibility index (Phi) is 3.74. The Morgan fingerprint density at radius 1 is 1.41 bits per heavy atom. The smallest absolute Gasteiger partial charge is 0.250 e. The van der Waals surface area contributed by atoms with Crippen molar-refractivity contribution < 1.29 is 9.59 Å². The molecular weight excluding hydrogens is 348 g/mol. The number of nitrogens with one attached hydrogen (secondary N) is 1. The summed E-state index contributed by atoms with van der Waals surface area (Å²) in [5.74, 6) is 0.190. The number of para-hydroxylation sites is 1. The quantitative estimate of drug-likeness (QED) is 0.871. The van der Waals surface area contributed by atoms with Crippen molar-refractivity contribution in [3.63, 3.8) is 0 Å². The molecule has 3 N–H and O–H groups in total. The highest BCUT2D eigenvalue weighted by atomic mass is 79.9. The summed E-state index contributed by atoms with van der Waals surface area (Å²) >= 11 is 3.33. The van der Waals surface area contributed by atoms with E-state index >= 15 is 0 Å². The molecule has 2 atom stereocenters. The van der Waals surface area contributed by atoms with Crippen LogP contribution in [0.15, 0.2) is 35.1 Å². The van der Waals surface area contributed by atoms with Crippen LogP contribution in [0, 0.1) is 5.92 Å². The maximum absolute atomic E-state index is 12.3. The Balaban J connectivity index is 1.72. The molecule has 1 aromatic carbocycles. The van der Waals surface area contributed by atoms with E-state index in [1.165, 1.54) is 0 Å². The Morgan fingerprint density at radius 3 is 2.77 bits per heavy atom. The number of benzene rings is 1. The van der Waals surface area contributed by atoms with Crippen molar-refractivity contribution in [2.75, 3.05) is 5.32 Å². The number of hydrogen-bond donors (Lipinski definition) is 2. The molecule has 1 saturated carbocycles. The zero-order valence-corrected chi connectivity index (χ0v) is 13.5. The lowest BCUT2D eigenvalue weighted by Crippen LogP contribution is -2.19. The maximum Gasteiger partial charge on any atom is 0.250 e. The topological polar surface area (TPSA) is 90.0 Å². The average Bonchev–Trinajstić information content (AvgIpc) is 3.18. The van der Waals surface area contributed by atoms with Gasteiger partial charge in [-0.25, -0.2) is 4.98 Å². The predicted molar refractivity (Wildman–Crippen MR) is 85.3 cm³/mol. The van der Waals surface area contributed by atoms with Gasteiger partial charge in [0.15, 0.2) is 0 Å². The van der Waals surface area contributed by atoms with Crippen molar-refractivity contribution in [2.45, 2.75) is 12.3 Å². The first-order chi connectivity index (χ1) is 10.5. The zero-order chi connectivity index (χ0) is 15.9. The van der Waals surface area contributed by atoms with E-state index in [1.807, 2.05) is 17.8 Å². The summed E-state index contributed by atoms with van der Waals surface area (Å²) in [5.41, 5.74) is 6.08. The van der Waals surface area contributed by atoms with Crippen molar-refractivity contribution >= 4 is 33.4 Å². The largest absolute Gasteiger partial charge is 0.366 e. The number of aromatic nitrogens is 2. The molecule has 1 aliphatic carbocycles. The second-order valence-corrected chi connectivity index (χ2v) is 6.19. The van der Waals surface area contributed by atoms with Gasteiger partial charge in [0.1, 0.15) is 10.4 Å². The molecule has 22 heavy (non-hydrogen) atoms. The van der Waals surface area contributed by atoms with Gasteiger partial charge in [0.25, 0.3) is 5.91 Å². The van der Waals surface area contributed by atoms with E-state index < -0.39 is 5.91 Å². The number of imidazole rings is 1. The van der Waals surface area contributed by atoms with E-state index in [1.54, 1.807) is 24.3 Å². The standard InChI is InChI=1S/C15H15BrN4O2/c1-20-7-12(16)19-14(20)9-6-10(9)15(22)18-11-5-3-2-4-8(11)13(17)21/h2-5,7,9-10H,6H2,1H3,(H2,17,21)(H,18,22). The van der Waals surface area contributed by atoms with E-state index in [0.717, 1.165) is 16.8 Å². The van der Waals surface area contributed by atoms with Crippen LogP contribution in [0.4, 0.5) is 5.69 Å². The molecule has 0 spiro atoms. The molecule has 7 heteroatoms. The Labute approximate surface area is 135 Å². The Morgan fingerprint density at radius 2 is 2.14 bits per heavy atom. The van der Waals surface area contributed by atoms with Gasteiger partial charge in [-0.3, -0.25) is 9.59 Å². The number of halogens is 1. The number of carbonyl (C=O) groups is 2.